The van der Waals surface area contributed by atoms with E-state index >= 15 is 0 Å². The Kier molecular flexibility index (Phi) is 2.07. The number of anilines is 1. The topological polar surface area (TPSA) is 68.0 Å². The number of amides is 1. The molecule has 3 aromatic rings. The highest BCUT2D eigenvalue weighted by molar-refractivity contribution is 7.17. The monoisotopic (exact) mass is 269 g/mol. The highest BCUT2D eigenvalue weighted by atomic mass is 32.1. The molecule has 5 nitrogen and oxygen atoms in total. The molecule has 0 saturated carbocycles. The Morgan fingerprint density at radius 1 is 1.32 bits per heavy atom. The van der Waals surface area contributed by atoms with Crippen molar-refractivity contribution in [1.82, 2.24) is 10.1 Å². The molecule has 3 heterocycles. The van der Waals surface area contributed by atoms with Crippen LogP contribution in [-0.2, 0) is 4.79 Å². The summed E-state index contributed by atoms with van der Waals surface area (Å²) in [5.74, 6) is -0.126. The lowest BCUT2D eigenvalue weighted by Crippen LogP contribution is -2.03. The van der Waals surface area contributed by atoms with Gasteiger partial charge in [0.1, 0.15) is 12.0 Å². The maximum absolute atomic E-state index is 12.1. The number of carbonyl (C=O) groups is 1. The number of rotatable bonds is 1. The van der Waals surface area contributed by atoms with E-state index in [4.69, 9.17) is 4.52 Å². The highest BCUT2D eigenvalue weighted by Gasteiger charge is 2.27. The molecular weight excluding hydrogens is 262 g/mol. The van der Waals surface area contributed by atoms with Gasteiger partial charge in [-0.15, -0.1) is 11.3 Å². The molecule has 1 amide bonds. The zero-order chi connectivity index (χ0) is 12.8. The largest absolute Gasteiger partial charge is 0.364 e. The third-order valence-corrected chi connectivity index (χ3v) is 3.87. The van der Waals surface area contributed by atoms with Crippen LogP contribution in [0.4, 0.5) is 5.69 Å². The summed E-state index contributed by atoms with van der Waals surface area (Å²) in [6.45, 7) is 0. The molecule has 0 unspecified atom stereocenters. The zero-order valence-electron chi connectivity index (χ0n) is 9.58. The smallest absolute Gasteiger partial charge is 0.256 e. The van der Waals surface area contributed by atoms with Crippen LogP contribution in [0.1, 0.15) is 11.3 Å². The van der Waals surface area contributed by atoms with Crippen LogP contribution in [0.5, 0.6) is 0 Å². The molecular formula is C13H7N3O2S. The van der Waals surface area contributed by atoms with Crippen LogP contribution in [0.25, 0.3) is 21.9 Å². The average molecular weight is 269 g/mol. The predicted octanol–water partition coefficient (Wildman–Crippen LogP) is 2.78. The second-order valence-electron chi connectivity index (χ2n) is 4.13. The Morgan fingerprint density at radius 3 is 3.11 bits per heavy atom. The fourth-order valence-electron chi connectivity index (χ4n) is 2.19. The van der Waals surface area contributed by atoms with Crippen molar-refractivity contribution in [3.8, 4) is 0 Å². The molecule has 92 valence electrons. The molecule has 0 fully saturated rings. The lowest BCUT2D eigenvalue weighted by Gasteiger charge is -1.98. The number of thiazole rings is 1. The lowest BCUT2D eigenvalue weighted by molar-refractivity contribution is -0.110. The van der Waals surface area contributed by atoms with E-state index in [-0.39, 0.29) is 5.91 Å². The summed E-state index contributed by atoms with van der Waals surface area (Å²) in [5, 5.41) is 6.67. The van der Waals surface area contributed by atoms with E-state index in [1.54, 1.807) is 17.7 Å². The molecule has 0 atom stereocenters. The molecule has 19 heavy (non-hydrogen) atoms. The number of benzene rings is 1. The SMILES string of the molecule is O=C1Nc2ccc3ncsc3c2/C1=C/c1ccon1. The van der Waals surface area contributed by atoms with Crippen molar-refractivity contribution in [3.05, 3.63) is 41.2 Å². The standard InChI is InChI=1S/C13H7N3O2S/c17-13-8(5-7-3-4-18-16-7)11-9(15-13)1-2-10-12(11)19-6-14-10/h1-6H,(H,15,17)/b8-5-. The quantitative estimate of drug-likeness (QED) is 0.690. The van der Waals surface area contributed by atoms with Crippen LogP contribution in [0, 0.1) is 0 Å². The number of carbonyl (C=O) groups excluding carboxylic acids is 1. The molecule has 0 radical (unpaired) electrons. The maximum Gasteiger partial charge on any atom is 0.256 e. The molecule has 1 aliphatic heterocycles. The number of hydrogen-bond acceptors (Lipinski definition) is 5. The van der Waals surface area contributed by atoms with Crippen molar-refractivity contribution < 1.29 is 9.32 Å². The second kappa shape index (κ2) is 3.76. The maximum atomic E-state index is 12.1. The van der Waals surface area contributed by atoms with Crippen molar-refractivity contribution in [2.45, 2.75) is 0 Å². The Hall–Kier alpha value is -2.47. The van der Waals surface area contributed by atoms with Crippen LogP contribution < -0.4 is 5.32 Å². The first-order valence-electron chi connectivity index (χ1n) is 5.63. The Morgan fingerprint density at radius 2 is 2.26 bits per heavy atom. The van der Waals surface area contributed by atoms with Gasteiger partial charge in [-0.1, -0.05) is 5.16 Å². The fraction of sp³-hybridized carbons (Fsp3) is 0. The number of hydrogen-bond donors (Lipinski definition) is 1. The van der Waals surface area contributed by atoms with E-state index in [0.717, 1.165) is 21.5 Å². The molecule has 0 saturated heterocycles. The summed E-state index contributed by atoms with van der Waals surface area (Å²) in [6.07, 6.45) is 3.21. The number of fused-ring (bicyclic) bond motifs is 3. The first kappa shape index (κ1) is 10.5. The molecule has 4 rings (SSSR count). The van der Waals surface area contributed by atoms with Gasteiger partial charge in [-0.05, 0) is 18.2 Å². The number of nitrogens with zero attached hydrogens (tertiary/aromatic N) is 2. The van der Waals surface area contributed by atoms with Crippen LogP contribution in [0.3, 0.4) is 0 Å². The van der Waals surface area contributed by atoms with Crippen molar-refractivity contribution in [1.29, 1.82) is 0 Å². The van der Waals surface area contributed by atoms with Gasteiger partial charge >= 0.3 is 0 Å². The van der Waals surface area contributed by atoms with Gasteiger partial charge in [0.25, 0.3) is 5.91 Å². The van der Waals surface area contributed by atoms with Gasteiger partial charge in [0, 0.05) is 11.6 Å². The molecule has 0 aliphatic carbocycles. The molecule has 1 N–H and O–H groups in total. The molecule has 0 spiro atoms. The Balaban J connectivity index is 2.00. The van der Waals surface area contributed by atoms with Gasteiger partial charge in [0.05, 0.1) is 27.0 Å². The first-order valence-corrected chi connectivity index (χ1v) is 6.51. The van der Waals surface area contributed by atoms with E-state index in [2.05, 4.69) is 15.5 Å². The lowest BCUT2D eigenvalue weighted by atomic mass is 10.1. The first-order chi connectivity index (χ1) is 9.33. The minimum Gasteiger partial charge on any atom is -0.364 e. The minimum absolute atomic E-state index is 0.126. The Bertz CT molecular complexity index is 818. The highest BCUT2D eigenvalue weighted by Crippen LogP contribution is 2.39. The minimum atomic E-state index is -0.126. The molecule has 6 heteroatoms. The Labute approximate surface area is 111 Å². The summed E-state index contributed by atoms with van der Waals surface area (Å²) in [7, 11) is 0. The summed E-state index contributed by atoms with van der Waals surface area (Å²) >= 11 is 1.52. The average Bonchev–Trinajstić information content (AvgIpc) is 3.10. The summed E-state index contributed by atoms with van der Waals surface area (Å²) in [4.78, 5) is 16.3. The van der Waals surface area contributed by atoms with Crippen LogP contribution in [-0.4, -0.2) is 16.0 Å². The fourth-order valence-corrected chi connectivity index (χ4v) is 3.04. The molecule has 1 aromatic carbocycles. The molecule has 2 aromatic heterocycles. The van der Waals surface area contributed by atoms with Gasteiger partial charge in [0.2, 0.25) is 0 Å². The van der Waals surface area contributed by atoms with Crippen molar-refractivity contribution in [2.24, 2.45) is 0 Å². The van der Waals surface area contributed by atoms with Gasteiger partial charge in [-0.3, -0.25) is 4.79 Å². The summed E-state index contributed by atoms with van der Waals surface area (Å²) < 4.78 is 5.79. The van der Waals surface area contributed by atoms with E-state index in [1.807, 2.05) is 12.1 Å². The third-order valence-electron chi connectivity index (χ3n) is 3.01. The van der Waals surface area contributed by atoms with E-state index in [9.17, 15) is 4.79 Å². The van der Waals surface area contributed by atoms with E-state index < -0.39 is 0 Å². The van der Waals surface area contributed by atoms with Gasteiger partial charge in [-0.25, -0.2) is 4.98 Å². The normalized spacial score (nSPS) is 16.0. The van der Waals surface area contributed by atoms with Crippen LogP contribution in [0.15, 0.2) is 34.5 Å². The number of nitrogens with one attached hydrogen (secondary N) is 1. The van der Waals surface area contributed by atoms with Crippen LogP contribution in [0.2, 0.25) is 0 Å². The molecule has 0 bridgehead atoms. The predicted molar refractivity (Wildman–Crippen MR) is 72.6 cm³/mol. The van der Waals surface area contributed by atoms with Crippen molar-refractivity contribution in [2.75, 3.05) is 5.32 Å². The van der Waals surface area contributed by atoms with E-state index in [1.165, 1.54) is 17.6 Å². The summed E-state index contributed by atoms with van der Waals surface area (Å²) in [6, 6.07) is 5.49. The second-order valence-corrected chi connectivity index (χ2v) is 4.98. The van der Waals surface area contributed by atoms with Crippen LogP contribution >= 0.6 is 11.3 Å². The van der Waals surface area contributed by atoms with Gasteiger partial charge in [0.15, 0.2) is 0 Å². The number of aromatic nitrogens is 2. The van der Waals surface area contributed by atoms with Crippen molar-refractivity contribution >= 4 is 44.8 Å². The van der Waals surface area contributed by atoms with E-state index in [0.29, 0.717) is 11.3 Å². The molecule has 1 aliphatic rings. The van der Waals surface area contributed by atoms with Crippen molar-refractivity contribution in [3.63, 3.8) is 0 Å². The van der Waals surface area contributed by atoms with Gasteiger partial charge in [-0.2, -0.15) is 0 Å². The zero-order valence-corrected chi connectivity index (χ0v) is 10.4. The summed E-state index contributed by atoms with van der Waals surface area (Å²) in [5.41, 5.74) is 5.61. The third kappa shape index (κ3) is 1.50. The van der Waals surface area contributed by atoms with Gasteiger partial charge < -0.3 is 9.84 Å².